The molecule has 0 aromatic carbocycles. The summed E-state index contributed by atoms with van der Waals surface area (Å²) in [4.78, 5) is 34.5. The summed E-state index contributed by atoms with van der Waals surface area (Å²) >= 11 is 0. The molecule has 23 heavy (non-hydrogen) atoms. The van der Waals surface area contributed by atoms with Gasteiger partial charge in [-0.05, 0) is 25.7 Å². The van der Waals surface area contributed by atoms with E-state index in [9.17, 15) is 9.59 Å². The molecule has 2 saturated heterocycles. The minimum absolute atomic E-state index is 0.000933. The maximum atomic E-state index is 12.6. The Labute approximate surface area is 134 Å². The first-order valence-electron chi connectivity index (χ1n) is 8.23. The van der Waals surface area contributed by atoms with Crippen molar-refractivity contribution in [2.24, 2.45) is 0 Å². The number of carbonyl (C=O) groups excluding carboxylic acids is 2. The standard InChI is InChI=1S/C16H20N4O3/c21-14-9-23-13-4-6-20(5-3-12(13)19-14)16(22)11-7-17-15(18-8-11)10-1-2-10/h7-8,10,12-13H,1-6,9H2,(H,19,21)/t12-,13-/m0/s1. The molecule has 1 aliphatic carbocycles. The Balaban J connectivity index is 1.42. The van der Waals surface area contributed by atoms with Crippen molar-refractivity contribution in [1.82, 2.24) is 20.2 Å². The molecule has 0 bridgehead atoms. The molecule has 3 fully saturated rings. The van der Waals surface area contributed by atoms with E-state index in [2.05, 4.69) is 15.3 Å². The number of ether oxygens (including phenoxy) is 1. The fourth-order valence-corrected chi connectivity index (χ4v) is 3.26. The van der Waals surface area contributed by atoms with Crippen molar-refractivity contribution in [1.29, 1.82) is 0 Å². The normalized spacial score (nSPS) is 27.8. The number of likely N-dealkylation sites (tertiary alicyclic amines) is 1. The largest absolute Gasteiger partial charge is 0.366 e. The molecule has 3 aliphatic rings. The first kappa shape index (κ1) is 14.6. The van der Waals surface area contributed by atoms with E-state index in [0.717, 1.165) is 25.1 Å². The molecule has 2 atom stereocenters. The van der Waals surface area contributed by atoms with Crippen LogP contribution in [0, 0.1) is 0 Å². The molecule has 1 N–H and O–H groups in total. The zero-order valence-electron chi connectivity index (χ0n) is 12.9. The van der Waals surface area contributed by atoms with Crippen LogP contribution < -0.4 is 5.32 Å². The number of nitrogens with zero attached hydrogens (tertiary/aromatic N) is 3. The number of aromatic nitrogens is 2. The van der Waals surface area contributed by atoms with Crippen molar-refractivity contribution in [2.45, 2.75) is 43.7 Å². The van der Waals surface area contributed by atoms with Crippen molar-refractivity contribution < 1.29 is 14.3 Å². The molecular weight excluding hydrogens is 296 g/mol. The lowest BCUT2D eigenvalue weighted by molar-refractivity contribution is -0.136. The molecule has 7 nitrogen and oxygen atoms in total. The van der Waals surface area contributed by atoms with Crippen LogP contribution in [0.25, 0.3) is 0 Å². The number of carbonyl (C=O) groups is 2. The zero-order chi connectivity index (χ0) is 15.8. The monoisotopic (exact) mass is 316 g/mol. The Kier molecular flexibility index (Phi) is 3.72. The zero-order valence-corrected chi connectivity index (χ0v) is 12.9. The van der Waals surface area contributed by atoms with Gasteiger partial charge in [-0.3, -0.25) is 9.59 Å². The van der Waals surface area contributed by atoms with Gasteiger partial charge in [-0.25, -0.2) is 9.97 Å². The molecule has 1 saturated carbocycles. The van der Waals surface area contributed by atoms with Gasteiger partial charge >= 0.3 is 0 Å². The van der Waals surface area contributed by atoms with E-state index in [1.165, 1.54) is 0 Å². The van der Waals surface area contributed by atoms with Gasteiger partial charge in [0.15, 0.2) is 0 Å². The van der Waals surface area contributed by atoms with Gasteiger partial charge in [0.1, 0.15) is 12.4 Å². The summed E-state index contributed by atoms with van der Waals surface area (Å²) in [5.41, 5.74) is 0.532. The molecule has 2 amide bonds. The second-order valence-corrected chi connectivity index (χ2v) is 6.50. The first-order chi connectivity index (χ1) is 11.2. The van der Waals surface area contributed by atoms with Gasteiger partial charge in [-0.15, -0.1) is 0 Å². The van der Waals surface area contributed by atoms with Crippen LogP contribution in [0.15, 0.2) is 12.4 Å². The minimum Gasteiger partial charge on any atom is -0.366 e. The van der Waals surface area contributed by atoms with E-state index in [4.69, 9.17) is 4.74 Å². The van der Waals surface area contributed by atoms with Crippen LogP contribution >= 0.6 is 0 Å². The van der Waals surface area contributed by atoms with E-state index >= 15 is 0 Å². The summed E-state index contributed by atoms with van der Waals surface area (Å²) in [6.45, 7) is 1.35. The third kappa shape index (κ3) is 3.06. The van der Waals surface area contributed by atoms with Gasteiger partial charge < -0.3 is 15.0 Å². The summed E-state index contributed by atoms with van der Waals surface area (Å²) in [5, 5.41) is 2.96. The molecule has 3 heterocycles. The Morgan fingerprint density at radius 1 is 1.17 bits per heavy atom. The van der Waals surface area contributed by atoms with E-state index < -0.39 is 0 Å². The van der Waals surface area contributed by atoms with Crippen LogP contribution in [0.4, 0.5) is 0 Å². The molecular formula is C16H20N4O3. The molecule has 2 aliphatic heterocycles. The highest BCUT2D eigenvalue weighted by atomic mass is 16.5. The van der Waals surface area contributed by atoms with Crippen LogP contribution in [0.1, 0.15) is 47.8 Å². The molecule has 7 heteroatoms. The Bertz CT molecular complexity index is 614. The van der Waals surface area contributed by atoms with Gasteiger partial charge in [0.2, 0.25) is 5.91 Å². The summed E-state index contributed by atoms with van der Waals surface area (Å²) in [6.07, 6.45) is 7.01. The Morgan fingerprint density at radius 3 is 2.65 bits per heavy atom. The lowest BCUT2D eigenvalue weighted by Crippen LogP contribution is -2.51. The van der Waals surface area contributed by atoms with Crippen LogP contribution in [0.5, 0.6) is 0 Å². The highest BCUT2D eigenvalue weighted by Gasteiger charge is 2.34. The number of fused-ring (bicyclic) bond motifs is 1. The van der Waals surface area contributed by atoms with Crippen molar-refractivity contribution in [3.05, 3.63) is 23.8 Å². The average Bonchev–Trinajstić information content (AvgIpc) is 3.41. The second kappa shape index (κ2) is 5.88. The fourth-order valence-electron chi connectivity index (χ4n) is 3.26. The predicted octanol–water partition coefficient (Wildman–Crippen LogP) is 0.474. The molecule has 0 unspecified atom stereocenters. The number of rotatable bonds is 2. The minimum atomic E-state index is -0.0740. The average molecular weight is 316 g/mol. The molecule has 122 valence electrons. The molecule has 1 aromatic rings. The molecule has 1 aromatic heterocycles. The van der Waals surface area contributed by atoms with Gasteiger partial charge in [0.25, 0.3) is 5.91 Å². The first-order valence-corrected chi connectivity index (χ1v) is 8.23. The number of hydrogen-bond donors (Lipinski definition) is 1. The topological polar surface area (TPSA) is 84.4 Å². The third-order valence-corrected chi connectivity index (χ3v) is 4.77. The maximum Gasteiger partial charge on any atom is 0.256 e. The lowest BCUT2D eigenvalue weighted by atomic mass is 10.0. The van der Waals surface area contributed by atoms with Crippen molar-refractivity contribution in [3.63, 3.8) is 0 Å². The second-order valence-electron chi connectivity index (χ2n) is 6.50. The number of hydrogen-bond acceptors (Lipinski definition) is 5. The number of amides is 2. The van der Waals surface area contributed by atoms with Crippen LogP contribution in [-0.2, 0) is 9.53 Å². The van der Waals surface area contributed by atoms with Gasteiger partial charge in [-0.2, -0.15) is 0 Å². The summed E-state index contributed by atoms with van der Waals surface area (Å²) < 4.78 is 5.58. The summed E-state index contributed by atoms with van der Waals surface area (Å²) in [5.74, 6) is 1.22. The maximum absolute atomic E-state index is 12.6. The fraction of sp³-hybridized carbons (Fsp3) is 0.625. The Morgan fingerprint density at radius 2 is 1.91 bits per heavy atom. The van der Waals surface area contributed by atoms with E-state index in [1.807, 2.05) is 4.90 Å². The number of nitrogens with one attached hydrogen (secondary N) is 1. The van der Waals surface area contributed by atoms with Crippen molar-refractivity contribution in [2.75, 3.05) is 19.7 Å². The van der Waals surface area contributed by atoms with Crippen molar-refractivity contribution in [3.8, 4) is 0 Å². The predicted molar refractivity (Wildman–Crippen MR) is 80.8 cm³/mol. The van der Waals surface area contributed by atoms with Crippen molar-refractivity contribution >= 4 is 11.8 Å². The smallest absolute Gasteiger partial charge is 0.256 e. The molecule has 4 rings (SSSR count). The van der Waals surface area contributed by atoms with Crippen LogP contribution in [-0.4, -0.2) is 58.5 Å². The van der Waals surface area contributed by atoms with Crippen LogP contribution in [0.2, 0.25) is 0 Å². The van der Waals surface area contributed by atoms with Crippen LogP contribution in [0.3, 0.4) is 0 Å². The highest BCUT2D eigenvalue weighted by molar-refractivity contribution is 5.93. The quantitative estimate of drug-likeness (QED) is 0.857. The Hall–Kier alpha value is -2.02. The van der Waals surface area contributed by atoms with Gasteiger partial charge in [-0.1, -0.05) is 0 Å². The van der Waals surface area contributed by atoms with Gasteiger partial charge in [0.05, 0.1) is 17.7 Å². The van der Waals surface area contributed by atoms with E-state index in [1.54, 1.807) is 12.4 Å². The third-order valence-electron chi connectivity index (χ3n) is 4.77. The highest BCUT2D eigenvalue weighted by Crippen LogP contribution is 2.37. The molecule has 0 radical (unpaired) electrons. The SMILES string of the molecule is O=C1CO[C@H]2CCN(C(=O)c3cnc(C4CC4)nc3)CC[C@@H]2N1. The van der Waals surface area contributed by atoms with Gasteiger partial charge in [0, 0.05) is 31.4 Å². The lowest BCUT2D eigenvalue weighted by Gasteiger charge is -2.30. The summed E-state index contributed by atoms with van der Waals surface area (Å²) in [7, 11) is 0. The summed E-state index contributed by atoms with van der Waals surface area (Å²) in [6, 6.07) is 0.00235. The molecule has 0 spiro atoms. The number of morpholine rings is 1. The van der Waals surface area contributed by atoms with E-state index in [0.29, 0.717) is 31.0 Å². The van der Waals surface area contributed by atoms with E-state index in [-0.39, 0.29) is 30.6 Å².